The van der Waals surface area contributed by atoms with E-state index in [1.54, 1.807) is 18.2 Å². The Kier molecular flexibility index (Phi) is 12.6. The number of carbonyl (C=O) groups excluding carboxylic acids is 3. The number of aryl methyl sites for hydroxylation is 1. The Hall–Kier alpha value is -3.30. The summed E-state index contributed by atoms with van der Waals surface area (Å²) in [4.78, 5) is 40.2. The van der Waals surface area contributed by atoms with Gasteiger partial charge >= 0.3 is 0 Å². The third-order valence-corrected chi connectivity index (χ3v) is 7.37. The maximum atomic E-state index is 13.3. The van der Waals surface area contributed by atoms with Crippen molar-refractivity contribution in [2.24, 2.45) is 0 Å². The van der Waals surface area contributed by atoms with Gasteiger partial charge in [-0.15, -0.1) is 0 Å². The summed E-state index contributed by atoms with van der Waals surface area (Å²) in [6, 6.07) is 9.50. The van der Waals surface area contributed by atoms with Gasteiger partial charge in [-0.2, -0.15) is 0 Å². The summed E-state index contributed by atoms with van der Waals surface area (Å²) in [5.41, 5.74) is 3.25. The lowest BCUT2D eigenvalue weighted by Crippen LogP contribution is -2.46. The Morgan fingerprint density at radius 3 is 2.73 bits per heavy atom. The number of ether oxygens (including phenoxy) is 2. The summed E-state index contributed by atoms with van der Waals surface area (Å²) in [6.45, 7) is 8.73. The molecule has 1 heterocycles. The fourth-order valence-electron chi connectivity index (χ4n) is 4.96. The molecular weight excluding hydrogens is 513 g/mol. The van der Waals surface area contributed by atoms with Crippen molar-refractivity contribution in [2.45, 2.75) is 65.1 Å². The molecule has 3 rings (SSSR count). The minimum Gasteiger partial charge on any atom is -0.493 e. The molecular formula is C31H42FN3O5. The van der Waals surface area contributed by atoms with Gasteiger partial charge in [0.25, 0.3) is 5.91 Å². The van der Waals surface area contributed by atoms with Crippen LogP contribution in [0.15, 0.2) is 36.4 Å². The largest absolute Gasteiger partial charge is 0.493 e. The van der Waals surface area contributed by atoms with Crippen LogP contribution in [0, 0.1) is 12.7 Å². The normalized spacial score (nSPS) is 13.4. The summed E-state index contributed by atoms with van der Waals surface area (Å²) in [5, 5.41) is 2.60. The van der Waals surface area contributed by atoms with Crippen LogP contribution in [-0.4, -0.2) is 73.8 Å². The van der Waals surface area contributed by atoms with Crippen LogP contribution in [0.3, 0.4) is 0 Å². The molecule has 0 saturated carbocycles. The van der Waals surface area contributed by atoms with Crippen molar-refractivity contribution >= 4 is 18.1 Å². The standard InChI is InChI=1S/C31H42FN3O5/c1-4-34(16-19-39-22-24-13-14-25(32)20-23(24)2)15-6-5-7-18-40-29-12-8-10-26-27(29)21-35(31(26)38)28(11-9-17-36)30(37)33-3/h8,10,12-14,17,20,28H,4-7,9,11,15-16,18-19,21-22H2,1-3H3,(H,33,37). The zero-order chi connectivity index (χ0) is 28.9. The number of rotatable bonds is 18. The number of fused-ring (bicyclic) bond motifs is 1. The first kappa shape index (κ1) is 31.2. The maximum absolute atomic E-state index is 13.3. The summed E-state index contributed by atoms with van der Waals surface area (Å²) >= 11 is 0. The Bertz CT molecular complexity index is 1140. The van der Waals surface area contributed by atoms with Crippen LogP contribution in [0.25, 0.3) is 0 Å². The number of halogens is 1. The van der Waals surface area contributed by atoms with E-state index in [0.29, 0.717) is 31.1 Å². The highest BCUT2D eigenvalue weighted by Crippen LogP contribution is 2.33. The SMILES string of the molecule is CCN(CCCCCOc1cccc2c1CN(C(CCC=O)C(=O)NC)C2=O)CCOCc1ccc(F)cc1C. The maximum Gasteiger partial charge on any atom is 0.255 e. The van der Waals surface area contributed by atoms with E-state index in [4.69, 9.17) is 9.47 Å². The van der Waals surface area contributed by atoms with E-state index in [-0.39, 0.29) is 37.0 Å². The Labute approximate surface area is 236 Å². The lowest BCUT2D eigenvalue weighted by molar-refractivity contribution is -0.125. The summed E-state index contributed by atoms with van der Waals surface area (Å²) in [5.74, 6) is -0.0442. The molecule has 0 spiro atoms. The first-order valence-corrected chi connectivity index (χ1v) is 14.2. The van der Waals surface area contributed by atoms with Crippen LogP contribution in [0.2, 0.25) is 0 Å². The molecule has 2 amide bonds. The van der Waals surface area contributed by atoms with Crippen molar-refractivity contribution < 1.29 is 28.2 Å². The van der Waals surface area contributed by atoms with Crippen molar-refractivity contribution in [1.82, 2.24) is 15.1 Å². The molecule has 0 radical (unpaired) electrons. The zero-order valence-corrected chi connectivity index (χ0v) is 23.9. The fraction of sp³-hybridized carbons (Fsp3) is 0.516. The minimum atomic E-state index is -0.693. The van der Waals surface area contributed by atoms with E-state index >= 15 is 0 Å². The van der Waals surface area contributed by atoms with Crippen LogP contribution in [0.5, 0.6) is 5.75 Å². The molecule has 0 bridgehead atoms. The predicted octanol–water partition coefficient (Wildman–Crippen LogP) is 4.27. The Morgan fingerprint density at radius 1 is 1.18 bits per heavy atom. The van der Waals surface area contributed by atoms with Gasteiger partial charge in [-0.3, -0.25) is 9.59 Å². The number of benzene rings is 2. The smallest absolute Gasteiger partial charge is 0.255 e. The Balaban J connectivity index is 1.39. The van der Waals surface area contributed by atoms with E-state index in [0.717, 1.165) is 61.9 Å². The second-order valence-electron chi connectivity index (χ2n) is 10.1. The molecule has 1 N–H and O–H groups in total. The molecule has 1 atom stereocenters. The lowest BCUT2D eigenvalue weighted by atomic mass is 10.1. The molecule has 0 saturated heterocycles. The van der Waals surface area contributed by atoms with E-state index in [1.807, 2.05) is 13.0 Å². The van der Waals surface area contributed by atoms with Gasteiger partial charge in [0, 0.05) is 31.1 Å². The van der Waals surface area contributed by atoms with E-state index in [2.05, 4.69) is 17.1 Å². The molecule has 1 aliphatic rings. The molecule has 9 heteroatoms. The molecule has 1 aliphatic heterocycles. The number of unbranched alkanes of at least 4 members (excludes halogenated alkanes) is 2. The first-order valence-electron chi connectivity index (χ1n) is 14.2. The highest BCUT2D eigenvalue weighted by molar-refractivity contribution is 6.01. The second kappa shape index (κ2) is 16.1. The molecule has 0 fully saturated rings. The number of nitrogens with one attached hydrogen (secondary N) is 1. The van der Waals surface area contributed by atoms with E-state index in [9.17, 15) is 18.8 Å². The molecule has 40 heavy (non-hydrogen) atoms. The molecule has 2 aromatic carbocycles. The number of nitrogens with zero attached hydrogens (tertiary/aromatic N) is 2. The van der Waals surface area contributed by atoms with Gasteiger partial charge in [0.05, 0.1) is 26.4 Å². The highest BCUT2D eigenvalue weighted by Gasteiger charge is 2.37. The fourth-order valence-corrected chi connectivity index (χ4v) is 4.96. The molecule has 8 nitrogen and oxygen atoms in total. The highest BCUT2D eigenvalue weighted by atomic mass is 19.1. The third-order valence-electron chi connectivity index (χ3n) is 7.37. The van der Waals surface area contributed by atoms with Crippen molar-refractivity contribution in [3.05, 3.63) is 64.5 Å². The van der Waals surface area contributed by atoms with Crippen molar-refractivity contribution in [1.29, 1.82) is 0 Å². The molecule has 2 aromatic rings. The Morgan fingerprint density at radius 2 is 2.00 bits per heavy atom. The first-order chi connectivity index (χ1) is 19.4. The number of carbonyl (C=O) groups is 3. The van der Waals surface area contributed by atoms with Crippen LogP contribution in [0.1, 0.15) is 66.1 Å². The quantitative estimate of drug-likeness (QED) is 0.218. The van der Waals surface area contributed by atoms with Gasteiger partial charge in [0.2, 0.25) is 5.91 Å². The zero-order valence-electron chi connectivity index (χ0n) is 23.9. The third kappa shape index (κ3) is 8.60. The molecule has 0 aromatic heterocycles. The van der Waals surface area contributed by atoms with E-state index < -0.39 is 6.04 Å². The van der Waals surface area contributed by atoms with Gasteiger partial charge in [-0.05, 0) is 81.1 Å². The van der Waals surface area contributed by atoms with Crippen molar-refractivity contribution in [3.63, 3.8) is 0 Å². The number of amides is 2. The van der Waals surface area contributed by atoms with Gasteiger partial charge in [-0.25, -0.2) is 4.39 Å². The summed E-state index contributed by atoms with van der Waals surface area (Å²) in [7, 11) is 1.53. The monoisotopic (exact) mass is 555 g/mol. The lowest BCUT2D eigenvalue weighted by Gasteiger charge is -2.25. The van der Waals surface area contributed by atoms with Gasteiger partial charge in [-0.1, -0.05) is 19.1 Å². The number of likely N-dealkylation sites (N-methyl/N-ethyl adjacent to an activating group) is 2. The van der Waals surface area contributed by atoms with E-state index in [1.165, 1.54) is 24.1 Å². The van der Waals surface area contributed by atoms with Crippen molar-refractivity contribution in [2.75, 3.05) is 39.9 Å². The predicted molar refractivity (Wildman–Crippen MR) is 152 cm³/mol. The average molecular weight is 556 g/mol. The summed E-state index contributed by atoms with van der Waals surface area (Å²) in [6.07, 6.45) is 4.20. The number of hydrogen-bond donors (Lipinski definition) is 1. The number of aldehydes is 1. The van der Waals surface area contributed by atoms with Gasteiger partial charge in [0.1, 0.15) is 23.9 Å². The van der Waals surface area contributed by atoms with Crippen LogP contribution in [0.4, 0.5) is 4.39 Å². The van der Waals surface area contributed by atoms with Crippen LogP contribution < -0.4 is 10.1 Å². The average Bonchev–Trinajstić information content (AvgIpc) is 3.29. The molecule has 1 unspecified atom stereocenters. The molecule has 0 aliphatic carbocycles. The minimum absolute atomic E-state index is 0.208. The van der Waals surface area contributed by atoms with Crippen LogP contribution in [-0.2, 0) is 27.5 Å². The number of hydrogen-bond acceptors (Lipinski definition) is 6. The summed E-state index contributed by atoms with van der Waals surface area (Å²) < 4.78 is 25.2. The van der Waals surface area contributed by atoms with Crippen LogP contribution >= 0.6 is 0 Å². The van der Waals surface area contributed by atoms with Gasteiger partial charge in [0.15, 0.2) is 0 Å². The second-order valence-corrected chi connectivity index (χ2v) is 10.1. The van der Waals surface area contributed by atoms with Gasteiger partial charge < -0.3 is 29.4 Å². The topological polar surface area (TPSA) is 88.2 Å². The van der Waals surface area contributed by atoms with Crippen molar-refractivity contribution in [3.8, 4) is 5.75 Å². The molecule has 218 valence electrons.